The summed E-state index contributed by atoms with van der Waals surface area (Å²) in [6.45, 7) is 5.10. The summed E-state index contributed by atoms with van der Waals surface area (Å²) in [6.07, 6.45) is 3.99. The molecule has 2 N–H and O–H groups in total. The predicted molar refractivity (Wildman–Crippen MR) is 99.3 cm³/mol. The molecule has 4 rings (SSSR count). The van der Waals surface area contributed by atoms with Crippen molar-refractivity contribution in [1.29, 1.82) is 0 Å². The van der Waals surface area contributed by atoms with E-state index >= 15 is 0 Å². The summed E-state index contributed by atoms with van der Waals surface area (Å²) in [5.41, 5.74) is 3.17. The molecule has 4 unspecified atom stereocenters. The molecule has 4 atom stereocenters. The maximum Gasteiger partial charge on any atom is 0.191 e. The zero-order valence-corrected chi connectivity index (χ0v) is 14.7. The molecule has 4 heteroatoms. The van der Waals surface area contributed by atoms with Gasteiger partial charge >= 0.3 is 0 Å². The average molecular weight is 330 g/mol. The van der Waals surface area contributed by atoms with Gasteiger partial charge in [0.15, 0.2) is 5.96 Å². The molecule has 1 saturated carbocycles. The van der Waals surface area contributed by atoms with Crippen LogP contribution in [0, 0.1) is 11.8 Å². The number of aliphatic imine (C=N–C) groups is 1. The molecule has 1 saturated heterocycles. The Morgan fingerprint density at radius 1 is 1.30 bits per heavy atom. The molecule has 0 bridgehead atoms. The van der Waals surface area contributed by atoms with Crippen LogP contribution < -0.4 is 10.6 Å². The minimum Gasteiger partial charge on any atom is -0.357 e. The van der Waals surface area contributed by atoms with Gasteiger partial charge in [0.05, 0.1) is 0 Å². The maximum atomic E-state index is 4.88. The summed E-state index contributed by atoms with van der Waals surface area (Å²) in [5, 5.41) is 7.72. The first-order valence-corrected chi connectivity index (χ1v) is 10.1. The van der Waals surface area contributed by atoms with E-state index in [-0.39, 0.29) is 0 Å². The van der Waals surface area contributed by atoms with Crippen LogP contribution in [0.15, 0.2) is 29.3 Å². The van der Waals surface area contributed by atoms with Gasteiger partial charge in [-0.05, 0) is 60.8 Å². The van der Waals surface area contributed by atoms with Gasteiger partial charge in [0.2, 0.25) is 0 Å². The van der Waals surface area contributed by atoms with Crippen molar-refractivity contribution in [3.63, 3.8) is 0 Å². The van der Waals surface area contributed by atoms with Gasteiger partial charge in [-0.1, -0.05) is 24.3 Å². The van der Waals surface area contributed by atoms with Crippen molar-refractivity contribution in [3.8, 4) is 0 Å². The van der Waals surface area contributed by atoms with Crippen LogP contribution in [0.3, 0.4) is 0 Å². The molecule has 2 aliphatic carbocycles. The van der Waals surface area contributed by atoms with Crippen molar-refractivity contribution in [2.45, 2.75) is 37.4 Å². The highest BCUT2D eigenvalue weighted by Crippen LogP contribution is 2.61. The maximum absolute atomic E-state index is 4.88. The fraction of sp³-hybridized carbons (Fsp3) is 0.632. The van der Waals surface area contributed by atoms with Gasteiger partial charge in [-0.25, -0.2) is 0 Å². The lowest BCUT2D eigenvalue weighted by Crippen LogP contribution is -2.40. The fourth-order valence-electron chi connectivity index (χ4n) is 4.29. The van der Waals surface area contributed by atoms with E-state index in [1.165, 1.54) is 25.0 Å². The third kappa shape index (κ3) is 3.23. The summed E-state index contributed by atoms with van der Waals surface area (Å²) in [7, 11) is 0. The third-order valence-corrected chi connectivity index (χ3v) is 6.93. The number of hydrogen-bond acceptors (Lipinski definition) is 2. The topological polar surface area (TPSA) is 36.4 Å². The first kappa shape index (κ1) is 15.4. The number of nitrogens with one attached hydrogen (secondary N) is 2. The van der Waals surface area contributed by atoms with E-state index in [0.29, 0.717) is 0 Å². The number of benzene rings is 1. The molecule has 0 amide bonds. The Labute approximate surface area is 143 Å². The second-order valence-corrected chi connectivity index (χ2v) is 8.40. The standard InChI is InChI=1S/C19H27N3S/c1-2-20-19(21-11-14-7-5-9-23-14)22-12-17-16-10-13-6-3-4-8-15(13)18(16)17/h3-4,6,8,14,16-18H,2,5,7,9-12H2,1H3,(H2,20,21,22). The molecule has 1 aromatic carbocycles. The molecule has 2 fully saturated rings. The normalized spacial score (nSPS) is 31.6. The molecule has 3 aliphatic rings. The first-order chi connectivity index (χ1) is 11.4. The second-order valence-electron chi connectivity index (χ2n) is 6.99. The summed E-state index contributed by atoms with van der Waals surface area (Å²) < 4.78 is 0. The summed E-state index contributed by atoms with van der Waals surface area (Å²) >= 11 is 2.10. The van der Waals surface area contributed by atoms with Gasteiger partial charge in [0.25, 0.3) is 0 Å². The quantitative estimate of drug-likeness (QED) is 0.644. The Morgan fingerprint density at radius 3 is 3.04 bits per heavy atom. The van der Waals surface area contributed by atoms with Crippen LogP contribution in [0.5, 0.6) is 0 Å². The minimum atomic E-state index is 0.765. The fourth-order valence-corrected chi connectivity index (χ4v) is 5.49. The Bertz CT molecular complexity index is 580. The highest BCUT2D eigenvalue weighted by atomic mass is 32.2. The lowest BCUT2D eigenvalue weighted by atomic mass is 10.0. The molecule has 124 valence electrons. The van der Waals surface area contributed by atoms with Crippen LogP contribution in [-0.4, -0.2) is 36.6 Å². The van der Waals surface area contributed by atoms with Crippen LogP contribution in [0.2, 0.25) is 0 Å². The predicted octanol–water partition coefficient (Wildman–Crippen LogP) is 3.02. The van der Waals surface area contributed by atoms with E-state index in [1.807, 2.05) is 0 Å². The molecule has 1 aromatic rings. The van der Waals surface area contributed by atoms with E-state index in [2.05, 4.69) is 53.6 Å². The minimum absolute atomic E-state index is 0.765. The van der Waals surface area contributed by atoms with Crippen LogP contribution in [-0.2, 0) is 6.42 Å². The van der Waals surface area contributed by atoms with Crippen molar-refractivity contribution in [1.82, 2.24) is 10.6 Å². The molecule has 23 heavy (non-hydrogen) atoms. The van der Waals surface area contributed by atoms with Gasteiger partial charge in [-0.15, -0.1) is 0 Å². The first-order valence-electron chi connectivity index (χ1n) is 9.08. The number of rotatable bonds is 5. The highest BCUT2D eigenvalue weighted by molar-refractivity contribution is 8.00. The Morgan fingerprint density at radius 2 is 2.22 bits per heavy atom. The summed E-state index contributed by atoms with van der Waals surface area (Å²) in [4.78, 5) is 4.88. The van der Waals surface area contributed by atoms with Gasteiger partial charge in [0.1, 0.15) is 0 Å². The Balaban J connectivity index is 1.32. The largest absolute Gasteiger partial charge is 0.357 e. The SMILES string of the molecule is CCNC(=NCC1C2Cc3ccccc3C12)NCC1CCCS1. The van der Waals surface area contributed by atoms with Crippen LogP contribution in [0.1, 0.15) is 36.8 Å². The molecule has 3 nitrogen and oxygen atoms in total. The van der Waals surface area contributed by atoms with E-state index in [4.69, 9.17) is 4.99 Å². The van der Waals surface area contributed by atoms with Gasteiger partial charge in [-0.2, -0.15) is 11.8 Å². The monoisotopic (exact) mass is 329 g/mol. The number of fused-ring (bicyclic) bond motifs is 3. The van der Waals surface area contributed by atoms with Crippen molar-refractivity contribution in [2.75, 3.05) is 25.4 Å². The third-order valence-electron chi connectivity index (χ3n) is 5.53. The van der Waals surface area contributed by atoms with Gasteiger partial charge < -0.3 is 10.6 Å². The van der Waals surface area contributed by atoms with Crippen molar-refractivity contribution < 1.29 is 0 Å². The second kappa shape index (κ2) is 6.76. The molecule has 1 aliphatic heterocycles. The molecule has 0 spiro atoms. The van der Waals surface area contributed by atoms with E-state index < -0.39 is 0 Å². The van der Waals surface area contributed by atoms with Gasteiger partial charge in [0, 0.05) is 24.9 Å². The van der Waals surface area contributed by atoms with Crippen molar-refractivity contribution in [2.24, 2.45) is 16.8 Å². The van der Waals surface area contributed by atoms with Crippen LogP contribution in [0.4, 0.5) is 0 Å². The Hall–Kier alpha value is -1.16. The summed E-state index contributed by atoms with van der Waals surface area (Å²) in [6, 6.07) is 8.98. The Kier molecular flexibility index (Phi) is 4.52. The molecule has 0 radical (unpaired) electrons. The van der Waals surface area contributed by atoms with Crippen LogP contribution in [0.25, 0.3) is 0 Å². The average Bonchev–Trinajstić information content (AvgIpc) is 2.96. The lowest BCUT2D eigenvalue weighted by molar-refractivity contribution is 0.686. The van der Waals surface area contributed by atoms with E-state index in [9.17, 15) is 0 Å². The van der Waals surface area contributed by atoms with E-state index in [1.54, 1.807) is 11.1 Å². The van der Waals surface area contributed by atoms with Crippen molar-refractivity contribution >= 4 is 17.7 Å². The molecular formula is C19H27N3S. The number of guanidine groups is 1. The molecule has 0 aromatic heterocycles. The number of nitrogens with zero attached hydrogens (tertiary/aromatic N) is 1. The van der Waals surface area contributed by atoms with Crippen LogP contribution >= 0.6 is 11.8 Å². The van der Waals surface area contributed by atoms with E-state index in [0.717, 1.165) is 48.6 Å². The highest BCUT2D eigenvalue weighted by Gasteiger charge is 2.54. The smallest absolute Gasteiger partial charge is 0.191 e. The summed E-state index contributed by atoms with van der Waals surface area (Å²) in [5.74, 6) is 4.73. The zero-order chi connectivity index (χ0) is 15.6. The number of thioether (sulfide) groups is 1. The number of hydrogen-bond donors (Lipinski definition) is 2. The van der Waals surface area contributed by atoms with Crippen molar-refractivity contribution in [3.05, 3.63) is 35.4 Å². The zero-order valence-electron chi connectivity index (χ0n) is 13.9. The molecule has 1 heterocycles. The lowest BCUT2D eigenvalue weighted by Gasteiger charge is -2.14. The van der Waals surface area contributed by atoms with Gasteiger partial charge in [-0.3, -0.25) is 4.99 Å². The molecular weight excluding hydrogens is 302 g/mol.